The highest BCUT2D eigenvalue weighted by Crippen LogP contribution is 2.17. The van der Waals surface area contributed by atoms with E-state index in [-0.39, 0.29) is 17.5 Å². The molecule has 0 fully saturated rings. The van der Waals surface area contributed by atoms with Crippen LogP contribution in [0.15, 0.2) is 24.3 Å². The van der Waals surface area contributed by atoms with Gasteiger partial charge in [0.15, 0.2) is 0 Å². The molecule has 3 nitrogen and oxygen atoms in total. The maximum Gasteiger partial charge on any atom is 0.150 e. The molecule has 0 aliphatic rings. The van der Waals surface area contributed by atoms with Gasteiger partial charge in [-0.05, 0) is 37.6 Å². The molecule has 0 aromatic heterocycles. The summed E-state index contributed by atoms with van der Waals surface area (Å²) in [5.74, 6) is 0.468. The number of benzene rings is 1. The standard InChI is InChI=1S/C13H20ClNO2S/c1-3-18(16,17)9-5-8-15-11(2)12-6-4-7-13(14)10-12/h4,6-7,10-11,15H,3,5,8-9H2,1-2H3. The van der Waals surface area contributed by atoms with Crippen molar-refractivity contribution in [3.8, 4) is 0 Å². The summed E-state index contributed by atoms with van der Waals surface area (Å²) in [5, 5.41) is 4.02. The van der Waals surface area contributed by atoms with Gasteiger partial charge in [-0.1, -0.05) is 30.7 Å². The Balaban J connectivity index is 2.36. The Bertz CT molecular complexity index is 474. The minimum absolute atomic E-state index is 0.174. The zero-order valence-corrected chi connectivity index (χ0v) is 12.4. The Hall–Kier alpha value is -0.580. The molecule has 5 heteroatoms. The van der Waals surface area contributed by atoms with E-state index >= 15 is 0 Å². The normalized spacial score (nSPS) is 13.5. The Kier molecular flexibility index (Phi) is 6.12. The first-order chi connectivity index (χ1) is 8.44. The zero-order chi connectivity index (χ0) is 13.6. The van der Waals surface area contributed by atoms with E-state index in [2.05, 4.69) is 5.32 Å². The highest BCUT2D eigenvalue weighted by atomic mass is 35.5. The second kappa shape index (κ2) is 7.12. The lowest BCUT2D eigenvalue weighted by molar-refractivity contribution is 0.560. The van der Waals surface area contributed by atoms with Crippen LogP contribution >= 0.6 is 11.6 Å². The monoisotopic (exact) mass is 289 g/mol. The smallest absolute Gasteiger partial charge is 0.150 e. The molecule has 1 aromatic carbocycles. The van der Waals surface area contributed by atoms with Crippen molar-refractivity contribution in [2.24, 2.45) is 0 Å². The van der Waals surface area contributed by atoms with Crippen LogP contribution in [-0.4, -0.2) is 26.5 Å². The maximum atomic E-state index is 11.3. The number of sulfone groups is 1. The quantitative estimate of drug-likeness (QED) is 0.785. The molecule has 0 aliphatic heterocycles. The molecule has 0 bridgehead atoms. The van der Waals surface area contributed by atoms with E-state index in [1.165, 1.54) is 0 Å². The molecule has 1 N–H and O–H groups in total. The van der Waals surface area contributed by atoms with Crippen LogP contribution in [0, 0.1) is 0 Å². The van der Waals surface area contributed by atoms with Gasteiger partial charge in [-0.3, -0.25) is 0 Å². The number of hydrogen-bond acceptors (Lipinski definition) is 3. The number of halogens is 1. The van der Waals surface area contributed by atoms with Gasteiger partial charge in [0.1, 0.15) is 9.84 Å². The molecule has 0 saturated carbocycles. The second-order valence-electron chi connectivity index (χ2n) is 4.32. The van der Waals surface area contributed by atoms with Crippen LogP contribution in [0.1, 0.15) is 31.9 Å². The van der Waals surface area contributed by atoms with Crippen LogP contribution in [0.25, 0.3) is 0 Å². The first-order valence-corrected chi connectivity index (χ1v) is 8.34. The van der Waals surface area contributed by atoms with Gasteiger partial charge in [0.25, 0.3) is 0 Å². The molecule has 0 aliphatic carbocycles. The third kappa shape index (κ3) is 5.38. The summed E-state index contributed by atoms with van der Waals surface area (Å²) in [6.07, 6.45) is 0.640. The van der Waals surface area contributed by atoms with Gasteiger partial charge in [-0.2, -0.15) is 0 Å². The Labute approximate surface area is 114 Å². The summed E-state index contributed by atoms with van der Waals surface area (Å²) in [5.41, 5.74) is 1.11. The van der Waals surface area contributed by atoms with Crippen molar-refractivity contribution in [2.75, 3.05) is 18.1 Å². The number of hydrogen-bond donors (Lipinski definition) is 1. The summed E-state index contributed by atoms with van der Waals surface area (Å²) in [4.78, 5) is 0. The minimum Gasteiger partial charge on any atom is -0.310 e. The molecule has 1 atom stereocenters. The van der Waals surface area contributed by atoms with E-state index in [4.69, 9.17) is 11.6 Å². The molecule has 0 spiro atoms. The van der Waals surface area contributed by atoms with Crippen molar-refractivity contribution >= 4 is 21.4 Å². The number of nitrogens with one attached hydrogen (secondary N) is 1. The largest absolute Gasteiger partial charge is 0.310 e. The average molecular weight is 290 g/mol. The fourth-order valence-corrected chi connectivity index (χ4v) is 2.72. The Morgan fingerprint density at radius 1 is 1.39 bits per heavy atom. The van der Waals surface area contributed by atoms with E-state index < -0.39 is 9.84 Å². The molecule has 18 heavy (non-hydrogen) atoms. The number of rotatable bonds is 7. The molecule has 1 rings (SSSR count). The first-order valence-electron chi connectivity index (χ1n) is 6.14. The van der Waals surface area contributed by atoms with Crippen molar-refractivity contribution < 1.29 is 8.42 Å². The second-order valence-corrected chi connectivity index (χ2v) is 7.23. The van der Waals surface area contributed by atoms with Crippen molar-refractivity contribution in [2.45, 2.75) is 26.3 Å². The summed E-state index contributed by atoms with van der Waals surface area (Å²) < 4.78 is 22.6. The molecule has 1 unspecified atom stereocenters. The van der Waals surface area contributed by atoms with Crippen molar-refractivity contribution in [3.05, 3.63) is 34.9 Å². The van der Waals surface area contributed by atoms with E-state index in [9.17, 15) is 8.42 Å². The van der Waals surface area contributed by atoms with Gasteiger partial charge < -0.3 is 5.32 Å². The fraction of sp³-hybridized carbons (Fsp3) is 0.538. The molecule has 0 radical (unpaired) electrons. The van der Waals surface area contributed by atoms with Crippen molar-refractivity contribution in [1.82, 2.24) is 5.32 Å². The molecule has 1 aromatic rings. The topological polar surface area (TPSA) is 46.2 Å². The van der Waals surface area contributed by atoms with E-state index in [1.807, 2.05) is 31.2 Å². The van der Waals surface area contributed by atoms with E-state index in [1.54, 1.807) is 6.92 Å². The molecular weight excluding hydrogens is 270 g/mol. The lowest BCUT2D eigenvalue weighted by Crippen LogP contribution is -2.22. The van der Waals surface area contributed by atoms with Crippen molar-refractivity contribution in [1.29, 1.82) is 0 Å². The van der Waals surface area contributed by atoms with E-state index in [0.29, 0.717) is 13.0 Å². The first kappa shape index (κ1) is 15.5. The SMILES string of the molecule is CCS(=O)(=O)CCCNC(C)c1cccc(Cl)c1. The summed E-state index contributed by atoms with van der Waals surface area (Å²) >= 11 is 5.92. The zero-order valence-electron chi connectivity index (χ0n) is 10.8. The van der Waals surface area contributed by atoms with Crippen LogP contribution in [0.4, 0.5) is 0 Å². The third-order valence-corrected chi connectivity index (χ3v) is 4.90. The highest BCUT2D eigenvalue weighted by molar-refractivity contribution is 7.91. The van der Waals surface area contributed by atoms with Gasteiger partial charge >= 0.3 is 0 Å². The molecule has 0 amide bonds. The lowest BCUT2D eigenvalue weighted by atomic mass is 10.1. The van der Waals surface area contributed by atoms with Gasteiger partial charge in [-0.25, -0.2) is 8.42 Å². The third-order valence-electron chi connectivity index (χ3n) is 2.87. The van der Waals surface area contributed by atoms with Crippen LogP contribution in [0.5, 0.6) is 0 Å². The average Bonchev–Trinajstić information content (AvgIpc) is 2.34. The van der Waals surface area contributed by atoms with Crippen LogP contribution in [0.2, 0.25) is 5.02 Å². The van der Waals surface area contributed by atoms with Crippen LogP contribution < -0.4 is 5.32 Å². The molecular formula is C13H20ClNO2S. The van der Waals surface area contributed by atoms with Gasteiger partial charge in [0.2, 0.25) is 0 Å². The predicted octanol–water partition coefficient (Wildman–Crippen LogP) is 2.82. The maximum absolute atomic E-state index is 11.3. The predicted molar refractivity (Wildman–Crippen MR) is 76.8 cm³/mol. The molecule has 0 saturated heterocycles. The van der Waals surface area contributed by atoms with Crippen molar-refractivity contribution in [3.63, 3.8) is 0 Å². The summed E-state index contributed by atoms with van der Waals surface area (Å²) in [7, 11) is -2.85. The van der Waals surface area contributed by atoms with Crippen LogP contribution in [-0.2, 0) is 9.84 Å². The van der Waals surface area contributed by atoms with E-state index in [0.717, 1.165) is 10.6 Å². The summed E-state index contributed by atoms with van der Waals surface area (Å²) in [6, 6.07) is 7.85. The lowest BCUT2D eigenvalue weighted by Gasteiger charge is -2.14. The molecule has 0 heterocycles. The highest BCUT2D eigenvalue weighted by Gasteiger charge is 2.08. The Morgan fingerprint density at radius 2 is 2.11 bits per heavy atom. The summed E-state index contributed by atoms with van der Waals surface area (Å²) in [6.45, 7) is 4.41. The van der Waals surface area contributed by atoms with Gasteiger partial charge in [-0.15, -0.1) is 0 Å². The Morgan fingerprint density at radius 3 is 2.72 bits per heavy atom. The van der Waals surface area contributed by atoms with Gasteiger partial charge in [0.05, 0.1) is 5.75 Å². The fourth-order valence-electron chi connectivity index (χ4n) is 1.65. The van der Waals surface area contributed by atoms with Crippen LogP contribution in [0.3, 0.4) is 0 Å². The molecule has 102 valence electrons. The van der Waals surface area contributed by atoms with Gasteiger partial charge in [0, 0.05) is 16.8 Å². The minimum atomic E-state index is -2.85.